The van der Waals surface area contributed by atoms with Gasteiger partial charge in [0.1, 0.15) is 0 Å². The lowest BCUT2D eigenvalue weighted by Crippen LogP contribution is -2.36. The van der Waals surface area contributed by atoms with Gasteiger partial charge in [0, 0.05) is 28.9 Å². The van der Waals surface area contributed by atoms with Crippen LogP contribution in [-0.4, -0.2) is 24.1 Å². The van der Waals surface area contributed by atoms with E-state index in [1.807, 2.05) is 77.7 Å². The number of fused-ring (bicyclic) bond motifs is 1. The van der Waals surface area contributed by atoms with Crippen molar-refractivity contribution < 1.29 is 9.59 Å². The molecule has 1 aliphatic heterocycles. The smallest absolute Gasteiger partial charge is 0.248 e. The fourth-order valence-electron chi connectivity index (χ4n) is 3.57. The molecule has 3 aromatic rings. The Morgan fingerprint density at radius 1 is 0.935 bits per heavy atom. The molecule has 0 saturated heterocycles. The number of anilines is 2. The van der Waals surface area contributed by atoms with Gasteiger partial charge in [0.15, 0.2) is 0 Å². The number of thioether (sulfide) groups is 1. The zero-order valence-corrected chi connectivity index (χ0v) is 18.0. The number of hydrogen-bond donors (Lipinski definition) is 1. The molecule has 2 amide bonds. The van der Waals surface area contributed by atoms with Gasteiger partial charge in [0.25, 0.3) is 0 Å². The minimum atomic E-state index is -0.178. The highest BCUT2D eigenvalue weighted by atomic mass is 32.2. The minimum Gasteiger partial charge on any atom is -0.323 e. The van der Waals surface area contributed by atoms with Crippen molar-refractivity contribution in [2.24, 2.45) is 0 Å². The van der Waals surface area contributed by atoms with E-state index in [9.17, 15) is 9.59 Å². The standard InChI is InChI=1S/C26H24N2O2S/c29-25(17-12-20-7-2-1-3-8-20)27-22-13-15-23(16-14-22)31-19-26(30)28-18-6-10-21-9-4-5-11-24(21)28/h1-5,7-9,11-17H,6,10,18-19H2,(H,27,29)/b17-12+. The number of amides is 2. The van der Waals surface area contributed by atoms with E-state index in [1.54, 1.807) is 6.08 Å². The summed E-state index contributed by atoms with van der Waals surface area (Å²) in [5.74, 6) is 0.337. The summed E-state index contributed by atoms with van der Waals surface area (Å²) in [5.41, 5.74) is 3.99. The molecule has 0 saturated carbocycles. The van der Waals surface area contributed by atoms with Crippen LogP contribution in [0.1, 0.15) is 17.5 Å². The lowest BCUT2D eigenvalue weighted by atomic mass is 10.0. The molecule has 5 heteroatoms. The third kappa shape index (κ3) is 5.64. The molecule has 3 aromatic carbocycles. The molecule has 4 rings (SSSR count). The maximum absolute atomic E-state index is 12.8. The average molecular weight is 429 g/mol. The average Bonchev–Trinajstić information content (AvgIpc) is 2.82. The molecule has 0 aliphatic carbocycles. The van der Waals surface area contributed by atoms with E-state index in [2.05, 4.69) is 11.4 Å². The van der Waals surface area contributed by atoms with Crippen molar-refractivity contribution in [2.45, 2.75) is 17.7 Å². The molecule has 31 heavy (non-hydrogen) atoms. The highest BCUT2D eigenvalue weighted by molar-refractivity contribution is 8.00. The van der Waals surface area contributed by atoms with Crippen molar-refractivity contribution in [1.82, 2.24) is 0 Å². The van der Waals surface area contributed by atoms with Crippen LogP contribution in [0.25, 0.3) is 6.08 Å². The van der Waals surface area contributed by atoms with Crippen LogP contribution in [0.15, 0.2) is 89.8 Å². The van der Waals surface area contributed by atoms with Gasteiger partial charge in [-0.3, -0.25) is 9.59 Å². The van der Waals surface area contributed by atoms with Crippen molar-refractivity contribution in [2.75, 3.05) is 22.5 Å². The van der Waals surface area contributed by atoms with Gasteiger partial charge in [-0.05, 0) is 60.4 Å². The molecule has 0 spiro atoms. The van der Waals surface area contributed by atoms with Gasteiger partial charge in [0.05, 0.1) is 5.75 Å². The van der Waals surface area contributed by atoms with Gasteiger partial charge in [-0.1, -0.05) is 48.5 Å². The van der Waals surface area contributed by atoms with Crippen LogP contribution in [0.4, 0.5) is 11.4 Å². The van der Waals surface area contributed by atoms with Crippen LogP contribution in [0.5, 0.6) is 0 Å². The normalized spacial score (nSPS) is 13.1. The van der Waals surface area contributed by atoms with E-state index in [0.717, 1.165) is 41.2 Å². The molecule has 0 radical (unpaired) electrons. The summed E-state index contributed by atoms with van der Waals surface area (Å²) in [5, 5.41) is 2.86. The highest BCUT2D eigenvalue weighted by Crippen LogP contribution is 2.28. The predicted molar refractivity (Wildman–Crippen MR) is 128 cm³/mol. The first kappa shape index (κ1) is 20.9. The number of aryl methyl sites for hydroxylation is 1. The van der Waals surface area contributed by atoms with Gasteiger partial charge in [-0.25, -0.2) is 0 Å². The van der Waals surface area contributed by atoms with Crippen molar-refractivity contribution in [1.29, 1.82) is 0 Å². The fourth-order valence-corrected chi connectivity index (χ4v) is 4.34. The molecule has 1 heterocycles. The molecule has 0 aromatic heterocycles. The zero-order valence-electron chi connectivity index (χ0n) is 17.2. The van der Waals surface area contributed by atoms with E-state index in [-0.39, 0.29) is 11.8 Å². The first-order valence-corrected chi connectivity index (χ1v) is 11.3. The first-order valence-electron chi connectivity index (χ1n) is 10.3. The van der Waals surface area contributed by atoms with Crippen LogP contribution in [0.3, 0.4) is 0 Å². The van der Waals surface area contributed by atoms with Gasteiger partial charge < -0.3 is 10.2 Å². The number of rotatable bonds is 6. The predicted octanol–water partition coefficient (Wildman–Crippen LogP) is 5.41. The molecule has 0 unspecified atom stereocenters. The third-order valence-electron chi connectivity index (χ3n) is 5.12. The Labute approximate surface area is 187 Å². The largest absolute Gasteiger partial charge is 0.323 e. The minimum absolute atomic E-state index is 0.126. The van der Waals surface area contributed by atoms with Gasteiger partial charge in [-0.15, -0.1) is 11.8 Å². The number of nitrogens with zero attached hydrogens (tertiary/aromatic N) is 1. The Morgan fingerprint density at radius 3 is 2.48 bits per heavy atom. The first-order chi connectivity index (χ1) is 15.2. The summed E-state index contributed by atoms with van der Waals surface area (Å²) in [6.45, 7) is 0.776. The molecule has 1 N–H and O–H groups in total. The maximum atomic E-state index is 12.8. The third-order valence-corrected chi connectivity index (χ3v) is 6.12. The van der Waals surface area contributed by atoms with E-state index in [4.69, 9.17) is 0 Å². The van der Waals surface area contributed by atoms with Crippen molar-refractivity contribution in [3.63, 3.8) is 0 Å². The van der Waals surface area contributed by atoms with Crippen LogP contribution in [-0.2, 0) is 16.0 Å². The van der Waals surface area contributed by atoms with Gasteiger partial charge >= 0.3 is 0 Å². The van der Waals surface area contributed by atoms with Gasteiger partial charge in [0.2, 0.25) is 11.8 Å². The Kier molecular flexibility index (Phi) is 6.85. The zero-order chi connectivity index (χ0) is 21.5. The topological polar surface area (TPSA) is 49.4 Å². The number of hydrogen-bond acceptors (Lipinski definition) is 3. The van der Waals surface area contributed by atoms with E-state index >= 15 is 0 Å². The maximum Gasteiger partial charge on any atom is 0.248 e. The van der Waals surface area contributed by atoms with Crippen LogP contribution < -0.4 is 10.2 Å². The summed E-state index contributed by atoms with van der Waals surface area (Å²) in [7, 11) is 0. The number of benzene rings is 3. The summed E-state index contributed by atoms with van der Waals surface area (Å²) < 4.78 is 0. The SMILES string of the molecule is O=C(/C=C/c1ccccc1)Nc1ccc(SCC(=O)N2CCCc3ccccc32)cc1. The Morgan fingerprint density at radius 2 is 1.68 bits per heavy atom. The Hall–Kier alpha value is -3.31. The van der Waals surface area contributed by atoms with Crippen molar-refractivity contribution in [3.8, 4) is 0 Å². The van der Waals surface area contributed by atoms with Gasteiger partial charge in [-0.2, -0.15) is 0 Å². The second kappa shape index (κ2) is 10.1. The van der Waals surface area contributed by atoms with Crippen LogP contribution >= 0.6 is 11.8 Å². The molecule has 1 aliphatic rings. The monoisotopic (exact) mass is 428 g/mol. The van der Waals surface area contributed by atoms with Crippen molar-refractivity contribution >= 4 is 41.0 Å². The molecule has 156 valence electrons. The molecule has 0 atom stereocenters. The molecule has 4 nitrogen and oxygen atoms in total. The summed E-state index contributed by atoms with van der Waals surface area (Å²) in [4.78, 5) is 27.8. The van der Waals surface area contributed by atoms with Crippen LogP contribution in [0, 0.1) is 0 Å². The lowest BCUT2D eigenvalue weighted by Gasteiger charge is -2.29. The van der Waals surface area contributed by atoms with Crippen LogP contribution in [0.2, 0.25) is 0 Å². The molecule has 0 fully saturated rings. The number of nitrogens with one attached hydrogen (secondary N) is 1. The number of para-hydroxylation sites is 1. The quantitative estimate of drug-likeness (QED) is 0.422. The summed E-state index contributed by atoms with van der Waals surface area (Å²) in [6.07, 6.45) is 5.33. The lowest BCUT2D eigenvalue weighted by molar-refractivity contribution is -0.116. The number of carbonyl (C=O) groups excluding carboxylic acids is 2. The molecular weight excluding hydrogens is 404 g/mol. The second-order valence-corrected chi connectivity index (χ2v) is 8.37. The van der Waals surface area contributed by atoms with Crippen molar-refractivity contribution in [3.05, 3.63) is 96.1 Å². The fraction of sp³-hybridized carbons (Fsp3) is 0.154. The number of carbonyl (C=O) groups is 2. The van der Waals surface area contributed by atoms with E-state index < -0.39 is 0 Å². The Balaban J connectivity index is 1.29. The molecule has 0 bridgehead atoms. The van der Waals surface area contributed by atoms with E-state index in [0.29, 0.717) is 5.75 Å². The summed E-state index contributed by atoms with van der Waals surface area (Å²) in [6, 6.07) is 25.4. The highest BCUT2D eigenvalue weighted by Gasteiger charge is 2.21. The van der Waals surface area contributed by atoms with E-state index in [1.165, 1.54) is 23.4 Å². The Bertz CT molecular complexity index is 1080. The molecular formula is C26H24N2O2S. The second-order valence-electron chi connectivity index (χ2n) is 7.32. The summed E-state index contributed by atoms with van der Waals surface area (Å²) >= 11 is 1.51.